The van der Waals surface area contributed by atoms with Crippen LogP contribution in [0.3, 0.4) is 0 Å². The van der Waals surface area contributed by atoms with Crippen LogP contribution in [0.2, 0.25) is 0 Å². The maximum absolute atomic E-state index is 4.49. The fourth-order valence-corrected chi connectivity index (χ4v) is 2.50. The molecular formula is C13H25N3S. The van der Waals surface area contributed by atoms with Gasteiger partial charge in [-0.25, -0.2) is 4.98 Å². The van der Waals surface area contributed by atoms with Crippen LogP contribution in [0.1, 0.15) is 39.5 Å². The minimum atomic E-state index is 0.550. The van der Waals surface area contributed by atoms with Crippen molar-refractivity contribution in [1.29, 1.82) is 0 Å². The first-order chi connectivity index (χ1) is 8.08. The summed E-state index contributed by atoms with van der Waals surface area (Å²) in [5.41, 5.74) is 0. The van der Waals surface area contributed by atoms with Crippen molar-refractivity contribution in [3.05, 3.63) is 11.1 Å². The number of hydrogen-bond donors (Lipinski definition) is 1. The molecule has 0 aromatic carbocycles. The predicted octanol–water partition coefficient (Wildman–Crippen LogP) is 3.12. The Morgan fingerprint density at radius 2 is 1.94 bits per heavy atom. The van der Waals surface area contributed by atoms with E-state index in [-0.39, 0.29) is 0 Å². The van der Waals surface area contributed by atoms with E-state index in [2.05, 4.69) is 49.8 Å². The molecule has 0 aliphatic rings. The average molecular weight is 255 g/mol. The first-order valence-electron chi connectivity index (χ1n) is 6.51. The number of nitrogens with zero attached hydrogens (tertiary/aromatic N) is 2. The molecule has 1 aromatic rings. The second-order valence-electron chi connectivity index (χ2n) is 4.70. The van der Waals surface area contributed by atoms with Crippen LogP contribution >= 0.6 is 11.3 Å². The summed E-state index contributed by atoms with van der Waals surface area (Å²) in [6, 6.07) is 0.550. The molecule has 1 rings (SSSR count). The highest BCUT2D eigenvalue weighted by Gasteiger charge is 2.10. The van der Waals surface area contributed by atoms with E-state index in [1.807, 2.05) is 6.20 Å². The molecule has 0 aliphatic carbocycles. The fraction of sp³-hybridized carbons (Fsp3) is 0.769. The normalized spacial score (nSPS) is 13.1. The second-order valence-corrected chi connectivity index (χ2v) is 5.79. The summed E-state index contributed by atoms with van der Waals surface area (Å²) in [6.45, 7) is 14.0. The second kappa shape index (κ2) is 6.97. The summed E-state index contributed by atoms with van der Waals surface area (Å²) >= 11 is 1.80. The Labute approximate surface area is 109 Å². The van der Waals surface area contributed by atoms with Gasteiger partial charge < -0.3 is 10.2 Å². The first-order valence-corrected chi connectivity index (χ1v) is 7.33. The van der Waals surface area contributed by atoms with E-state index in [1.54, 1.807) is 11.3 Å². The molecular weight excluding hydrogens is 230 g/mol. The third-order valence-electron chi connectivity index (χ3n) is 3.17. The van der Waals surface area contributed by atoms with Crippen molar-refractivity contribution in [3.63, 3.8) is 0 Å². The van der Waals surface area contributed by atoms with Crippen LogP contribution < -0.4 is 10.2 Å². The lowest BCUT2D eigenvalue weighted by Gasteiger charge is -2.17. The van der Waals surface area contributed by atoms with E-state index in [4.69, 9.17) is 0 Å². The van der Waals surface area contributed by atoms with E-state index in [0.717, 1.165) is 24.8 Å². The molecule has 4 heteroatoms. The van der Waals surface area contributed by atoms with Crippen LogP contribution in [0.4, 0.5) is 5.13 Å². The molecule has 1 N–H and O–H groups in total. The largest absolute Gasteiger partial charge is 0.349 e. The Hall–Kier alpha value is -0.610. The van der Waals surface area contributed by atoms with Crippen molar-refractivity contribution < 1.29 is 0 Å². The summed E-state index contributed by atoms with van der Waals surface area (Å²) in [6.07, 6.45) is 2.00. The fourth-order valence-electron chi connectivity index (χ4n) is 1.52. The smallest absolute Gasteiger partial charge is 0.185 e. The lowest BCUT2D eigenvalue weighted by atomic mass is 10.1. The Morgan fingerprint density at radius 1 is 1.29 bits per heavy atom. The lowest BCUT2D eigenvalue weighted by molar-refractivity contribution is 0.427. The van der Waals surface area contributed by atoms with Crippen molar-refractivity contribution in [2.75, 3.05) is 18.0 Å². The number of rotatable bonds is 7. The molecule has 0 aliphatic heterocycles. The van der Waals surface area contributed by atoms with Crippen LogP contribution in [-0.4, -0.2) is 24.1 Å². The van der Waals surface area contributed by atoms with E-state index in [9.17, 15) is 0 Å². The quantitative estimate of drug-likeness (QED) is 0.811. The van der Waals surface area contributed by atoms with Gasteiger partial charge in [0, 0.05) is 36.8 Å². The van der Waals surface area contributed by atoms with E-state index < -0.39 is 0 Å². The van der Waals surface area contributed by atoms with Gasteiger partial charge in [-0.15, -0.1) is 11.3 Å². The van der Waals surface area contributed by atoms with E-state index in [1.165, 1.54) is 4.88 Å². The summed E-state index contributed by atoms with van der Waals surface area (Å²) in [4.78, 5) is 8.10. The maximum atomic E-state index is 4.49. The van der Waals surface area contributed by atoms with Crippen LogP contribution in [-0.2, 0) is 6.54 Å². The standard InChI is InChI=1S/C13H25N3S/c1-6-16(7-2)13-15-9-12(17-13)8-14-11(5)10(3)4/h9-11,14H,6-8H2,1-5H3. The first kappa shape index (κ1) is 14.5. The maximum Gasteiger partial charge on any atom is 0.185 e. The highest BCUT2D eigenvalue weighted by molar-refractivity contribution is 7.15. The summed E-state index contributed by atoms with van der Waals surface area (Å²) in [7, 11) is 0. The minimum Gasteiger partial charge on any atom is -0.349 e. The van der Waals surface area contributed by atoms with Crippen LogP contribution in [0.25, 0.3) is 0 Å². The number of aromatic nitrogens is 1. The molecule has 1 atom stereocenters. The van der Waals surface area contributed by atoms with Crippen LogP contribution in [0.15, 0.2) is 6.20 Å². The van der Waals surface area contributed by atoms with Crippen LogP contribution in [0, 0.1) is 5.92 Å². The number of anilines is 1. The topological polar surface area (TPSA) is 28.2 Å². The highest BCUT2D eigenvalue weighted by atomic mass is 32.1. The Morgan fingerprint density at radius 3 is 2.47 bits per heavy atom. The van der Waals surface area contributed by atoms with Gasteiger partial charge in [0.25, 0.3) is 0 Å². The molecule has 17 heavy (non-hydrogen) atoms. The summed E-state index contributed by atoms with van der Waals surface area (Å²) < 4.78 is 0. The Bertz CT molecular complexity index is 318. The number of thiazole rings is 1. The molecule has 1 aromatic heterocycles. The van der Waals surface area contributed by atoms with Gasteiger partial charge in [-0.2, -0.15) is 0 Å². The van der Waals surface area contributed by atoms with Gasteiger partial charge >= 0.3 is 0 Å². The summed E-state index contributed by atoms with van der Waals surface area (Å²) in [5.74, 6) is 0.671. The molecule has 0 fully saturated rings. The SMILES string of the molecule is CCN(CC)c1ncc(CNC(C)C(C)C)s1. The van der Waals surface area contributed by atoms with Gasteiger partial charge in [-0.05, 0) is 26.7 Å². The molecule has 1 heterocycles. The Kier molecular flexibility index (Phi) is 5.92. The van der Waals surface area contributed by atoms with Gasteiger partial charge in [0.2, 0.25) is 0 Å². The van der Waals surface area contributed by atoms with Crippen molar-refractivity contribution in [3.8, 4) is 0 Å². The number of hydrogen-bond acceptors (Lipinski definition) is 4. The molecule has 0 spiro atoms. The molecule has 0 amide bonds. The molecule has 0 radical (unpaired) electrons. The molecule has 1 unspecified atom stereocenters. The third kappa shape index (κ3) is 4.28. The number of nitrogens with one attached hydrogen (secondary N) is 1. The molecule has 3 nitrogen and oxygen atoms in total. The van der Waals surface area contributed by atoms with E-state index in [0.29, 0.717) is 12.0 Å². The zero-order valence-corrected chi connectivity index (χ0v) is 12.5. The monoisotopic (exact) mass is 255 g/mol. The van der Waals surface area contributed by atoms with Crippen LogP contribution in [0.5, 0.6) is 0 Å². The van der Waals surface area contributed by atoms with Crippen molar-refractivity contribution in [2.45, 2.75) is 47.2 Å². The van der Waals surface area contributed by atoms with E-state index >= 15 is 0 Å². The van der Waals surface area contributed by atoms with Gasteiger partial charge in [0.05, 0.1) is 0 Å². The molecule has 98 valence electrons. The van der Waals surface area contributed by atoms with Gasteiger partial charge in [0.1, 0.15) is 0 Å². The van der Waals surface area contributed by atoms with Gasteiger partial charge in [-0.1, -0.05) is 13.8 Å². The summed E-state index contributed by atoms with van der Waals surface area (Å²) in [5, 5.41) is 4.68. The Balaban J connectivity index is 2.51. The third-order valence-corrected chi connectivity index (χ3v) is 4.23. The minimum absolute atomic E-state index is 0.550. The lowest BCUT2D eigenvalue weighted by Crippen LogP contribution is -2.29. The van der Waals surface area contributed by atoms with Gasteiger partial charge in [0.15, 0.2) is 5.13 Å². The molecule has 0 saturated carbocycles. The predicted molar refractivity (Wildman–Crippen MR) is 76.8 cm³/mol. The zero-order valence-electron chi connectivity index (χ0n) is 11.7. The zero-order chi connectivity index (χ0) is 12.8. The van der Waals surface area contributed by atoms with Gasteiger partial charge in [-0.3, -0.25) is 0 Å². The molecule has 0 bridgehead atoms. The molecule has 0 saturated heterocycles. The van der Waals surface area contributed by atoms with Crippen molar-refractivity contribution in [2.24, 2.45) is 5.92 Å². The van der Waals surface area contributed by atoms with Crippen molar-refractivity contribution >= 4 is 16.5 Å². The highest BCUT2D eigenvalue weighted by Crippen LogP contribution is 2.22. The average Bonchev–Trinajstić information content (AvgIpc) is 2.76. The van der Waals surface area contributed by atoms with Crippen molar-refractivity contribution in [1.82, 2.24) is 10.3 Å².